The van der Waals surface area contributed by atoms with Crippen molar-refractivity contribution in [2.24, 2.45) is 5.92 Å². The predicted molar refractivity (Wildman–Crippen MR) is 89.3 cm³/mol. The molecule has 2 fully saturated rings. The molecule has 2 aromatic rings. The Morgan fingerprint density at radius 3 is 3.00 bits per heavy atom. The molecule has 1 aliphatic carbocycles. The van der Waals surface area contributed by atoms with Gasteiger partial charge in [-0.15, -0.1) is 5.10 Å². The summed E-state index contributed by atoms with van der Waals surface area (Å²) in [7, 11) is 0. The fourth-order valence-corrected chi connectivity index (χ4v) is 3.44. The molecule has 3 heterocycles. The second-order valence-electron chi connectivity index (χ2n) is 6.94. The van der Waals surface area contributed by atoms with E-state index in [1.165, 1.54) is 18.4 Å². The first kappa shape index (κ1) is 15.8. The molecule has 7 nitrogen and oxygen atoms in total. The highest BCUT2D eigenvalue weighted by Gasteiger charge is 2.31. The van der Waals surface area contributed by atoms with E-state index in [1.807, 2.05) is 17.8 Å². The largest absolute Gasteiger partial charge is 0.372 e. The van der Waals surface area contributed by atoms with Crippen LogP contribution in [0.2, 0.25) is 0 Å². The lowest BCUT2D eigenvalue weighted by Crippen LogP contribution is -2.32. The standard InChI is InChI=1S/C17H26N6O/c1-3-23-16(12(2)20-21-23)9-18-15-6-7-24-17(15)14-8-19-22(11-14)10-13-4-5-13/h8,11,13,15,17-18H,3-7,9-10H2,1-2H3/t15-,17+/m0/s1. The van der Waals surface area contributed by atoms with Crippen LogP contribution < -0.4 is 5.32 Å². The van der Waals surface area contributed by atoms with Crippen LogP contribution in [-0.2, 0) is 24.4 Å². The Hall–Kier alpha value is -1.73. The van der Waals surface area contributed by atoms with E-state index in [0.717, 1.165) is 50.0 Å². The Bertz CT molecular complexity index is 689. The summed E-state index contributed by atoms with van der Waals surface area (Å²) in [5.74, 6) is 0.834. The summed E-state index contributed by atoms with van der Waals surface area (Å²) in [5.41, 5.74) is 3.34. The number of aryl methyl sites for hydroxylation is 2. The maximum Gasteiger partial charge on any atom is 0.101 e. The maximum atomic E-state index is 5.99. The highest BCUT2D eigenvalue weighted by Crippen LogP contribution is 2.32. The smallest absolute Gasteiger partial charge is 0.101 e. The Morgan fingerprint density at radius 2 is 2.21 bits per heavy atom. The fourth-order valence-electron chi connectivity index (χ4n) is 3.44. The number of rotatable bonds is 7. The molecule has 0 unspecified atom stereocenters. The van der Waals surface area contributed by atoms with Gasteiger partial charge in [-0.3, -0.25) is 4.68 Å². The van der Waals surface area contributed by atoms with Crippen LogP contribution in [0.4, 0.5) is 0 Å². The lowest BCUT2D eigenvalue weighted by molar-refractivity contribution is 0.0982. The number of nitrogens with one attached hydrogen (secondary N) is 1. The van der Waals surface area contributed by atoms with Crippen molar-refractivity contribution in [3.05, 3.63) is 29.3 Å². The minimum Gasteiger partial charge on any atom is -0.372 e. The number of nitrogens with zero attached hydrogens (tertiary/aromatic N) is 5. The first-order chi connectivity index (χ1) is 11.7. The SMILES string of the molecule is CCn1nnc(C)c1CN[C@H]1CCO[C@@H]1c1cnn(CC2CC2)c1. The molecule has 7 heteroatoms. The second-order valence-corrected chi connectivity index (χ2v) is 6.94. The third-order valence-corrected chi connectivity index (χ3v) is 5.08. The van der Waals surface area contributed by atoms with Gasteiger partial charge in [0.25, 0.3) is 0 Å². The quantitative estimate of drug-likeness (QED) is 0.839. The van der Waals surface area contributed by atoms with E-state index in [-0.39, 0.29) is 6.10 Å². The molecule has 0 amide bonds. The Labute approximate surface area is 142 Å². The zero-order valence-electron chi connectivity index (χ0n) is 14.5. The van der Waals surface area contributed by atoms with Crippen molar-refractivity contribution in [3.63, 3.8) is 0 Å². The molecule has 1 N–H and O–H groups in total. The molecule has 2 aliphatic rings. The van der Waals surface area contributed by atoms with E-state index in [2.05, 4.69) is 38.5 Å². The molecule has 24 heavy (non-hydrogen) atoms. The van der Waals surface area contributed by atoms with Crippen molar-refractivity contribution >= 4 is 0 Å². The Balaban J connectivity index is 1.40. The van der Waals surface area contributed by atoms with Gasteiger partial charge in [-0.25, -0.2) is 4.68 Å². The molecular formula is C17H26N6O. The van der Waals surface area contributed by atoms with Crippen LogP contribution in [0, 0.1) is 12.8 Å². The van der Waals surface area contributed by atoms with Crippen LogP contribution in [0.1, 0.15) is 49.2 Å². The van der Waals surface area contributed by atoms with E-state index >= 15 is 0 Å². The minimum absolute atomic E-state index is 0.0872. The molecule has 0 radical (unpaired) electrons. The van der Waals surface area contributed by atoms with Crippen molar-refractivity contribution in [3.8, 4) is 0 Å². The zero-order valence-corrected chi connectivity index (χ0v) is 14.5. The molecule has 4 rings (SSSR count). The molecular weight excluding hydrogens is 304 g/mol. The number of ether oxygens (including phenoxy) is 1. The van der Waals surface area contributed by atoms with Gasteiger partial charge >= 0.3 is 0 Å². The zero-order chi connectivity index (χ0) is 16.5. The first-order valence-corrected chi connectivity index (χ1v) is 9.01. The van der Waals surface area contributed by atoms with E-state index < -0.39 is 0 Å². The Morgan fingerprint density at radius 1 is 1.33 bits per heavy atom. The van der Waals surface area contributed by atoms with Crippen LogP contribution in [0.5, 0.6) is 0 Å². The van der Waals surface area contributed by atoms with Gasteiger partial charge in [0, 0.05) is 44.0 Å². The highest BCUT2D eigenvalue weighted by atomic mass is 16.5. The van der Waals surface area contributed by atoms with Crippen LogP contribution in [0.15, 0.2) is 12.4 Å². The van der Waals surface area contributed by atoms with Gasteiger partial charge < -0.3 is 10.1 Å². The normalized spacial score (nSPS) is 23.9. The van der Waals surface area contributed by atoms with Crippen LogP contribution in [0.25, 0.3) is 0 Å². The lowest BCUT2D eigenvalue weighted by atomic mass is 10.1. The second kappa shape index (κ2) is 6.64. The van der Waals surface area contributed by atoms with Gasteiger partial charge in [0.2, 0.25) is 0 Å². The first-order valence-electron chi connectivity index (χ1n) is 9.01. The van der Waals surface area contributed by atoms with Crippen molar-refractivity contribution < 1.29 is 4.74 Å². The summed E-state index contributed by atoms with van der Waals surface area (Å²) in [5, 5.41) is 16.5. The van der Waals surface area contributed by atoms with Gasteiger partial charge in [-0.2, -0.15) is 5.10 Å². The summed E-state index contributed by atoms with van der Waals surface area (Å²) < 4.78 is 10.0. The number of aromatic nitrogens is 5. The van der Waals surface area contributed by atoms with E-state index in [4.69, 9.17) is 4.74 Å². The van der Waals surface area contributed by atoms with Crippen molar-refractivity contribution in [1.29, 1.82) is 0 Å². The molecule has 1 saturated heterocycles. The average Bonchev–Trinajstić information content (AvgIpc) is 2.98. The third kappa shape index (κ3) is 3.23. The lowest BCUT2D eigenvalue weighted by Gasteiger charge is -2.19. The van der Waals surface area contributed by atoms with E-state index in [0.29, 0.717) is 6.04 Å². The summed E-state index contributed by atoms with van der Waals surface area (Å²) in [4.78, 5) is 0. The summed E-state index contributed by atoms with van der Waals surface area (Å²) in [6.45, 7) is 7.56. The number of hydrogen-bond acceptors (Lipinski definition) is 5. The van der Waals surface area contributed by atoms with Gasteiger partial charge in [-0.05, 0) is 39.0 Å². The predicted octanol–water partition coefficient (Wildman–Crippen LogP) is 1.83. The molecule has 0 aromatic carbocycles. The van der Waals surface area contributed by atoms with Crippen molar-refractivity contribution in [2.75, 3.05) is 6.61 Å². The van der Waals surface area contributed by atoms with Gasteiger partial charge in [0.1, 0.15) is 6.10 Å². The van der Waals surface area contributed by atoms with Crippen molar-refractivity contribution in [2.45, 2.75) is 64.9 Å². The van der Waals surface area contributed by atoms with Crippen LogP contribution in [0.3, 0.4) is 0 Å². The van der Waals surface area contributed by atoms with Gasteiger partial charge in [-0.1, -0.05) is 5.21 Å². The van der Waals surface area contributed by atoms with Crippen LogP contribution >= 0.6 is 0 Å². The molecule has 1 aliphatic heterocycles. The van der Waals surface area contributed by atoms with E-state index in [9.17, 15) is 0 Å². The summed E-state index contributed by atoms with van der Waals surface area (Å²) in [6, 6.07) is 0.309. The molecule has 0 spiro atoms. The molecule has 2 aromatic heterocycles. The molecule has 130 valence electrons. The molecule has 2 atom stereocenters. The number of hydrogen-bond donors (Lipinski definition) is 1. The monoisotopic (exact) mass is 330 g/mol. The molecule has 0 bridgehead atoms. The minimum atomic E-state index is 0.0872. The topological polar surface area (TPSA) is 69.8 Å². The summed E-state index contributed by atoms with van der Waals surface area (Å²) in [6.07, 6.45) is 7.92. The van der Waals surface area contributed by atoms with E-state index in [1.54, 1.807) is 0 Å². The van der Waals surface area contributed by atoms with Crippen LogP contribution in [-0.4, -0.2) is 37.4 Å². The average molecular weight is 330 g/mol. The molecule has 1 saturated carbocycles. The third-order valence-electron chi connectivity index (χ3n) is 5.08. The van der Waals surface area contributed by atoms with Gasteiger partial charge in [0.15, 0.2) is 0 Å². The van der Waals surface area contributed by atoms with Gasteiger partial charge in [0.05, 0.1) is 17.6 Å². The highest BCUT2D eigenvalue weighted by molar-refractivity contribution is 5.14. The summed E-state index contributed by atoms with van der Waals surface area (Å²) >= 11 is 0. The van der Waals surface area contributed by atoms with Crippen molar-refractivity contribution in [1.82, 2.24) is 30.1 Å². The fraction of sp³-hybridized carbons (Fsp3) is 0.706. The maximum absolute atomic E-state index is 5.99. The Kier molecular flexibility index (Phi) is 4.37.